The molecule has 1 aromatic rings. The Morgan fingerprint density at radius 2 is 1.78 bits per heavy atom. The lowest BCUT2D eigenvalue weighted by Gasteiger charge is -2.19. The number of nitrogens with one attached hydrogen (secondary N) is 1. The molecule has 1 rings (SSSR count). The second kappa shape index (κ2) is 7.74. The predicted octanol–water partition coefficient (Wildman–Crippen LogP) is 3.63. The summed E-state index contributed by atoms with van der Waals surface area (Å²) in [6.07, 6.45) is 0.655. The van der Waals surface area contributed by atoms with Gasteiger partial charge in [0.05, 0.1) is 0 Å². The summed E-state index contributed by atoms with van der Waals surface area (Å²) in [4.78, 5) is 0. The molecule has 0 saturated heterocycles. The first-order valence-corrected chi connectivity index (χ1v) is 7.36. The van der Waals surface area contributed by atoms with Gasteiger partial charge in [-0.25, -0.2) is 8.78 Å². The first kappa shape index (κ1) is 15.4. The molecule has 1 nitrogen and oxygen atoms in total. The Labute approximate surface area is 112 Å². The van der Waals surface area contributed by atoms with Gasteiger partial charge in [-0.05, 0) is 35.9 Å². The van der Waals surface area contributed by atoms with E-state index in [1.54, 1.807) is 0 Å². The SMILES string of the molecule is CCNC(CSC(C)C)Cc1cc(F)cc(F)c1. The monoisotopic (exact) mass is 273 g/mol. The van der Waals surface area contributed by atoms with E-state index in [2.05, 4.69) is 19.2 Å². The summed E-state index contributed by atoms with van der Waals surface area (Å²) in [6, 6.07) is 3.99. The Bertz CT molecular complexity index is 349. The number of thioether (sulfide) groups is 1. The summed E-state index contributed by atoms with van der Waals surface area (Å²) in [5.74, 6) is -0.0579. The van der Waals surface area contributed by atoms with E-state index in [0.717, 1.165) is 18.4 Å². The normalized spacial score (nSPS) is 13.0. The Morgan fingerprint density at radius 1 is 1.17 bits per heavy atom. The van der Waals surface area contributed by atoms with Crippen molar-refractivity contribution in [2.24, 2.45) is 0 Å². The number of benzene rings is 1. The van der Waals surface area contributed by atoms with Crippen LogP contribution in [0.4, 0.5) is 8.78 Å². The van der Waals surface area contributed by atoms with Crippen molar-refractivity contribution in [3.8, 4) is 0 Å². The minimum atomic E-state index is -0.503. The van der Waals surface area contributed by atoms with Crippen LogP contribution in [-0.4, -0.2) is 23.6 Å². The third-order valence-electron chi connectivity index (χ3n) is 2.53. The van der Waals surface area contributed by atoms with E-state index in [1.807, 2.05) is 18.7 Å². The summed E-state index contributed by atoms with van der Waals surface area (Å²) < 4.78 is 26.2. The maximum Gasteiger partial charge on any atom is 0.126 e. The molecule has 0 radical (unpaired) electrons. The first-order valence-electron chi connectivity index (χ1n) is 6.31. The lowest BCUT2D eigenvalue weighted by Crippen LogP contribution is -2.33. The molecule has 1 aromatic carbocycles. The lowest BCUT2D eigenvalue weighted by molar-refractivity contribution is 0.554. The number of likely N-dealkylation sites (N-methyl/N-ethyl adjacent to an activating group) is 1. The standard InChI is InChI=1S/C14H21F2NS/c1-4-17-14(9-18-10(2)3)7-11-5-12(15)8-13(16)6-11/h5-6,8,10,14,17H,4,7,9H2,1-3H3. The van der Waals surface area contributed by atoms with Crippen LogP contribution < -0.4 is 5.32 Å². The maximum absolute atomic E-state index is 13.1. The fourth-order valence-corrected chi connectivity index (χ4v) is 2.65. The highest BCUT2D eigenvalue weighted by Gasteiger charge is 2.11. The Balaban J connectivity index is 2.63. The second-order valence-corrected chi connectivity index (χ2v) is 6.23. The molecular weight excluding hydrogens is 252 g/mol. The van der Waals surface area contributed by atoms with Gasteiger partial charge in [0.15, 0.2) is 0 Å². The van der Waals surface area contributed by atoms with Gasteiger partial charge < -0.3 is 5.32 Å². The molecule has 0 heterocycles. The van der Waals surface area contributed by atoms with Crippen molar-refractivity contribution in [3.05, 3.63) is 35.4 Å². The summed E-state index contributed by atoms with van der Waals surface area (Å²) in [6.45, 7) is 7.20. The number of hydrogen-bond acceptors (Lipinski definition) is 2. The molecule has 18 heavy (non-hydrogen) atoms. The van der Waals surface area contributed by atoms with E-state index in [9.17, 15) is 8.78 Å². The van der Waals surface area contributed by atoms with E-state index in [4.69, 9.17) is 0 Å². The minimum Gasteiger partial charge on any atom is -0.313 e. The molecule has 0 aliphatic rings. The van der Waals surface area contributed by atoms with Gasteiger partial charge in [0.25, 0.3) is 0 Å². The molecule has 0 saturated carbocycles. The maximum atomic E-state index is 13.1. The van der Waals surface area contributed by atoms with Crippen LogP contribution in [0, 0.1) is 11.6 Å². The van der Waals surface area contributed by atoms with Crippen molar-refractivity contribution in [3.63, 3.8) is 0 Å². The molecule has 1 atom stereocenters. The molecule has 0 bridgehead atoms. The molecule has 1 N–H and O–H groups in total. The first-order chi connectivity index (χ1) is 8.51. The average molecular weight is 273 g/mol. The van der Waals surface area contributed by atoms with Crippen molar-refractivity contribution < 1.29 is 8.78 Å². The highest BCUT2D eigenvalue weighted by molar-refractivity contribution is 7.99. The Kier molecular flexibility index (Phi) is 6.65. The Hall–Kier alpha value is -0.610. The third kappa shape index (κ3) is 5.83. The van der Waals surface area contributed by atoms with Gasteiger partial charge in [0.1, 0.15) is 11.6 Å². The lowest BCUT2D eigenvalue weighted by atomic mass is 10.1. The molecule has 0 aliphatic heterocycles. The average Bonchev–Trinajstić information content (AvgIpc) is 2.24. The minimum absolute atomic E-state index is 0.253. The molecular formula is C14H21F2NS. The summed E-state index contributed by atoms with van der Waals surface area (Å²) in [7, 11) is 0. The number of hydrogen-bond donors (Lipinski definition) is 1. The zero-order chi connectivity index (χ0) is 13.5. The zero-order valence-electron chi connectivity index (χ0n) is 11.2. The van der Waals surface area contributed by atoms with E-state index < -0.39 is 11.6 Å². The van der Waals surface area contributed by atoms with Crippen LogP contribution >= 0.6 is 11.8 Å². The predicted molar refractivity (Wildman–Crippen MR) is 75.1 cm³/mol. The van der Waals surface area contributed by atoms with Crippen molar-refractivity contribution >= 4 is 11.8 Å². The third-order valence-corrected chi connectivity index (χ3v) is 3.79. The van der Waals surface area contributed by atoms with Gasteiger partial charge in [-0.1, -0.05) is 20.8 Å². The van der Waals surface area contributed by atoms with Crippen molar-refractivity contribution in [1.29, 1.82) is 0 Å². The molecule has 0 fully saturated rings. The van der Waals surface area contributed by atoms with Crippen LogP contribution in [0.5, 0.6) is 0 Å². The van der Waals surface area contributed by atoms with Crippen LogP contribution in [-0.2, 0) is 6.42 Å². The second-order valence-electron chi connectivity index (χ2n) is 4.62. The summed E-state index contributed by atoms with van der Waals surface area (Å²) in [5.41, 5.74) is 0.711. The van der Waals surface area contributed by atoms with Crippen molar-refractivity contribution in [2.45, 2.75) is 38.5 Å². The van der Waals surface area contributed by atoms with Gasteiger partial charge in [-0.3, -0.25) is 0 Å². The van der Waals surface area contributed by atoms with Crippen LogP contribution in [0.15, 0.2) is 18.2 Å². The fourth-order valence-electron chi connectivity index (χ4n) is 1.80. The quantitative estimate of drug-likeness (QED) is 0.814. The molecule has 4 heteroatoms. The van der Waals surface area contributed by atoms with E-state index >= 15 is 0 Å². The highest BCUT2D eigenvalue weighted by Crippen LogP contribution is 2.15. The molecule has 1 unspecified atom stereocenters. The summed E-state index contributed by atoms with van der Waals surface area (Å²) in [5, 5.41) is 3.92. The fraction of sp³-hybridized carbons (Fsp3) is 0.571. The van der Waals surface area contributed by atoms with E-state index in [-0.39, 0.29) is 6.04 Å². The number of rotatable bonds is 7. The largest absolute Gasteiger partial charge is 0.313 e. The smallest absolute Gasteiger partial charge is 0.126 e. The highest BCUT2D eigenvalue weighted by atomic mass is 32.2. The van der Waals surface area contributed by atoms with Gasteiger partial charge in [0.2, 0.25) is 0 Å². The molecule has 102 valence electrons. The van der Waals surface area contributed by atoms with Crippen LogP contribution in [0.25, 0.3) is 0 Å². The zero-order valence-corrected chi connectivity index (χ0v) is 12.0. The molecule has 0 aromatic heterocycles. The summed E-state index contributed by atoms with van der Waals surface area (Å²) >= 11 is 1.86. The Morgan fingerprint density at radius 3 is 2.28 bits per heavy atom. The van der Waals surface area contributed by atoms with Gasteiger partial charge in [-0.2, -0.15) is 11.8 Å². The van der Waals surface area contributed by atoms with Gasteiger partial charge in [-0.15, -0.1) is 0 Å². The van der Waals surface area contributed by atoms with E-state index in [0.29, 0.717) is 17.2 Å². The van der Waals surface area contributed by atoms with Gasteiger partial charge in [0, 0.05) is 17.9 Å². The number of halogens is 2. The molecule has 0 aliphatic carbocycles. The molecule has 0 spiro atoms. The van der Waals surface area contributed by atoms with Crippen LogP contribution in [0.3, 0.4) is 0 Å². The van der Waals surface area contributed by atoms with Crippen molar-refractivity contribution in [1.82, 2.24) is 5.32 Å². The van der Waals surface area contributed by atoms with E-state index in [1.165, 1.54) is 12.1 Å². The molecule has 0 amide bonds. The van der Waals surface area contributed by atoms with Gasteiger partial charge >= 0.3 is 0 Å². The topological polar surface area (TPSA) is 12.0 Å². The van der Waals surface area contributed by atoms with Crippen molar-refractivity contribution in [2.75, 3.05) is 12.3 Å². The van der Waals surface area contributed by atoms with Crippen LogP contribution in [0.1, 0.15) is 26.3 Å². The van der Waals surface area contributed by atoms with Crippen LogP contribution in [0.2, 0.25) is 0 Å².